The number of carbonyl (C=O) groups excluding carboxylic acids is 2. The van der Waals surface area contributed by atoms with Gasteiger partial charge in [-0.15, -0.1) is 0 Å². The maximum absolute atomic E-state index is 12.6. The first-order valence-electron chi connectivity index (χ1n) is 10.1. The molecule has 0 aromatic heterocycles. The molecule has 176 valence electrons. The summed E-state index contributed by atoms with van der Waals surface area (Å²) in [5.74, 6) is -1.32. The van der Waals surface area contributed by atoms with Crippen LogP contribution < -0.4 is 14.8 Å². The Morgan fingerprint density at radius 2 is 1.86 bits per heavy atom. The lowest BCUT2D eigenvalue weighted by atomic mass is 10.1. The fraction of sp³-hybridized carbons (Fsp3) is 0.0800. The first-order valence-corrected chi connectivity index (χ1v) is 10.5. The van der Waals surface area contributed by atoms with Crippen LogP contribution in [0.2, 0.25) is 5.02 Å². The topological polar surface area (TPSA) is 132 Å². The predicted molar refractivity (Wildman–Crippen MR) is 128 cm³/mol. The van der Waals surface area contributed by atoms with E-state index in [9.17, 15) is 25.0 Å². The third-order valence-corrected chi connectivity index (χ3v) is 5.07. The number of hydrogen-bond donors (Lipinski definition) is 1. The Kier molecular flexibility index (Phi) is 8.16. The Hall–Kier alpha value is -4.68. The van der Waals surface area contributed by atoms with Gasteiger partial charge in [-0.2, -0.15) is 5.26 Å². The van der Waals surface area contributed by atoms with Crippen molar-refractivity contribution in [1.29, 1.82) is 5.26 Å². The van der Waals surface area contributed by atoms with Crippen molar-refractivity contribution in [3.8, 4) is 17.6 Å². The molecule has 0 radical (unpaired) electrons. The minimum Gasteiger partial charge on any atom is -0.493 e. The summed E-state index contributed by atoms with van der Waals surface area (Å²) in [6, 6.07) is 18.9. The van der Waals surface area contributed by atoms with E-state index in [1.807, 2.05) is 36.4 Å². The number of carbonyl (C=O) groups is 2. The van der Waals surface area contributed by atoms with Crippen molar-refractivity contribution in [2.75, 3.05) is 7.11 Å². The van der Waals surface area contributed by atoms with Gasteiger partial charge in [-0.3, -0.25) is 14.9 Å². The van der Waals surface area contributed by atoms with Crippen LogP contribution in [0.5, 0.6) is 11.5 Å². The molecule has 0 fully saturated rings. The van der Waals surface area contributed by atoms with Crippen LogP contribution in [0.4, 0.5) is 5.69 Å². The number of nitrogens with one attached hydrogen (secondary N) is 1. The summed E-state index contributed by atoms with van der Waals surface area (Å²) >= 11 is 6.00. The Morgan fingerprint density at radius 3 is 2.51 bits per heavy atom. The number of esters is 1. The van der Waals surface area contributed by atoms with E-state index < -0.39 is 16.8 Å². The number of amides is 1. The van der Waals surface area contributed by atoms with Crippen LogP contribution in [0.3, 0.4) is 0 Å². The largest absolute Gasteiger partial charge is 0.493 e. The minimum absolute atomic E-state index is 0.0145. The van der Waals surface area contributed by atoms with Gasteiger partial charge in [0.1, 0.15) is 11.6 Å². The number of benzene rings is 3. The van der Waals surface area contributed by atoms with Gasteiger partial charge in [0.2, 0.25) is 0 Å². The van der Waals surface area contributed by atoms with Crippen molar-refractivity contribution in [3.05, 3.63) is 104 Å². The average Bonchev–Trinajstić information content (AvgIpc) is 2.87. The van der Waals surface area contributed by atoms with Gasteiger partial charge in [-0.25, -0.2) is 4.79 Å². The summed E-state index contributed by atoms with van der Waals surface area (Å²) in [6.45, 7) is 0.261. The average molecular weight is 492 g/mol. The summed E-state index contributed by atoms with van der Waals surface area (Å²) in [5, 5.41) is 23.1. The summed E-state index contributed by atoms with van der Waals surface area (Å²) in [7, 11) is 1.35. The molecular formula is C25H18ClN3O6. The molecule has 1 N–H and O–H groups in total. The predicted octanol–water partition coefficient (Wildman–Crippen LogP) is 4.70. The number of methoxy groups -OCH3 is 1. The molecule has 0 aliphatic heterocycles. The van der Waals surface area contributed by atoms with Crippen molar-refractivity contribution in [2.45, 2.75) is 6.54 Å². The van der Waals surface area contributed by atoms with Gasteiger partial charge >= 0.3 is 5.97 Å². The molecule has 0 spiro atoms. The third-order valence-electron chi connectivity index (χ3n) is 4.74. The fourth-order valence-corrected chi connectivity index (χ4v) is 3.18. The number of rotatable bonds is 8. The standard InChI is InChI=1S/C25H18ClN3O6/c1-34-23-12-17(11-18(14-27)24(30)28-15-16-5-3-2-4-6-16)7-10-22(23)35-25(31)20-13-19(29(32)33)8-9-21(20)26/h2-13H,15H2,1H3,(H,28,30)/b18-11+. The molecule has 10 heteroatoms. The lowest BCUT2D eigenvalue weighted by Crippen LogP contribution is -2.23. The molecule has 0 bridgehead atoms. The number of nitrogens with zero attached hydrogens (tertiary/aromatic N) is 2. The van der Waals surface area contributed by atoms with Crippen LogP contribution in [-0.4, -0.2) is 23.9 Å². The van der Waals surface area contributed by atoms with Crippen LogP contribution in [0, 0.1) is 21.4 Å². The minimum atomic E-state index is -0.918. The van der Waals surface area contributed by atoms with Gasteiger partial charge in [0.25, 0.3) is 11.6 Å². The SMILES string of the molecule is COc1cc(/C=C(\C#N)C(=O)NCc2ccccc2)ccc1OC(=O)c1cc([N+](=O)[O-])ccc1Cl. The molecule has 0 saturated carbocycles. The van der Waals surface area contributed by atoms with Crippen molar-refractivity contribution in [1.82, 2.24) is 5.32 Å². The molecule has 0 aliphatic carbocycles. The molecule has 0 atom stereocenters. The van der Waals surface area contributed by atoms with E-state index >= 15 is 0 Å². The molecule has 0 aliphatic rings. The molecule has 0 unspecified atom stereocenters. The first kappa shape index (κ1) is 25.0. The number of nitriles is 1. The molecule has 3 aromatic rings. The number of hydrogen-bond acceptors (Lipinski definition) is 7. The van der Waals surface area contributed by atoms with Gasteiger partial charge < -0.3 is 14.8 Å². The van der Waals surface area contributed by atoms with Gasteiger partial charge in [0.05, 0.1) is 22.6 Å². The van der Waals surface area contributed by atoms with Crippen LogP contribution in [0.15, 0.2) is 72.3 Å². The zero-order chi connectivity index (χ0) is 25.4. The van der Waals surface area contributed by atoms with Gasteiger partial charge in [-0.1, -0.05) is 48.0 Å². The molecule has 1 amide bonds. The second-order valence-corrected chi connectivity index (χ2v) is 7.47. The summed E-state index contributed by atoms with van der Waals surface area (Å²) < 4.78 is 10.6. The van der Waals surface area contributed by atoms with Crippen molar-refractivity contribution < 1.29 is 24.0 Å². The maximum Gasteiger partial charge on any atom is 0.345 e. The number of nitro groups is 1. The highest BCUT2D eigenvalue weighted by Crippen LogP contribution is 2.31. The quantitative estimate of drug-likeness (QED) is 0.121. The molecule has 0 saturated heterocycles. The Bertz CT molecular complexity index is 1350. The Morgan fingerprint density at radius 1 is 1.11 bits per heavy atom. The van der Waals surface area contributed by atoms with E-state index in [0.29, 0.717) is 5.56 Å². The van der Waals surface area contributed by atoms with Crippen LogP contribution in [-0.2, 0) is 11.3 Å². The number of halogens is 1. The van der Waals surface area contributed by atoms with Crippen molar-refractivity contribution in [3.63, 3.8) is 0 Å². The maximum atomic E-state index is 12.6. The van der Waals surface area contributed by atoms with Gasteiger partial charge in [-0.05, 0) is 35.4 Å². The smallest absolute Gasteiger partial charge is 0.345 e. The van der Waals surface area contributed by atoms with E-state index in [0.717, 1.165) is 11.6 Å². The second kappa shape index (κ2) is 11.4. The number of non-ortho nitro benzene ring substituents is 1. The summed E-state index contributed by atoms with van der Waals surface area (Å²) in [5.41, 5.74) is 0.699. The summed E-state index contributed by atoms with van der Waals surface area (Å²) in [6.07, 6.45) is 1.37. The molecule has 3 aromatic carbocycles. The van der Waals surface area contributed by atoms with E-state index in [-0.39, 0.29) is 39.9 Å². The monoisotopic (exact) mass is 491 g/mol. The highest BCUT2D eigenvalue weighted by atomic mass is 35.5. The van der Waals surface area contributed by atoms with E-state index in [1.54, 1.807) is 0 Å². The Labute approximate surface area is 205 Å². The second-order valence-electron chi connectivity index (χ2n) is 7.06. The summed E-state index contributed by atoms with van der Waals surface area (Å²) in [4.78, 5) is 35.3. The number of ether oxygens (including phenoxy) is 2. The van der Waals surface area contributed by atoms with Crippen LogP contribution in [0.1, 0.15) is 21.5 Å². The van der Waals surface area contributed by atoms with Gasteiger partial charge in [0.15, 0.2) is 11.5 Å². The number of nitro benzene ring substituents is 1. The van der Waals surface area contributed by atoms with Crippen molar-refractivity contribution >= 4 is 35.2 Å². The molecule has 0 heterocycles. The van der Waals surface area contributed by atoms with Gasteiger partial charge in [0, 0.05) is 18.7 Å². The molecule has 35 heavy (non-hydrogen) atoms. The first-order chi connectivity index (χ1) is 16.8. The molecule has 9 nitrogen and oxygen atoms in total. The molecule has 3 rings (SSSR count). The lowest BCUT2D eigenvalue weighted by molar-refractivity contribution is -0.384. The van der Waals surface area contributed by atoms with Crippen LogP contribution in [0.25, 0.3) is 6.08 Å². The highest BCUT2D eigenvalue weighted by Gasteiger charge is 2.19. The van der Waals surface area contributed by atoms with Crippen molar-refractivity contribution in [2.24, 2.45) is 0 Å². The normalized spacial score (nSPS) is 10.7. The lowest BCUT2D eigenvalue weighted by Gasteiger charge is -2.11. The zero-order valence-electron chi connectivity index (χ0n) is 18.4. The molecular weight excluding hydrogens is 474 g/mol. The van der Waals surface area contributed by atoms with E-state index in [1.165, 1.54) is 43.5 Å². The van der Waals surface area contributed by atoms with Crippen LogP contribution >= 0.6 is 11.6 Å². The van der Waals surface area contributed by atoms with E-state index in [2.05, 4.69) is 5.32 Å². The highest BCUT2D eigenvalue weighted by molar-refractivity contribution is 6.33. The fourth-order valence-electron chi connectivity index (χ4n) is 2.99. The Balaban J connectivity index is 1.78. The third kappa shape index (κ3) is 6.43. The zero-order valence-corrected chi connectivity index (χ0v) is 19.1. The van der Waals surface area contributed by atoms with E-state index in [4.69, 9.17) is 21.1 Å².